The maximum atomic E-state index is 10.7. The second-order valence-corrected chi connectivity index (χ2v) is 14.1. The summed E-state index contributed by atoms with van der Waals surface area (Å²) in [7, 11) is 0. The van der Waals surface area contributed by atoms with Crippen LogP contribution in [0.5, 0.6) is 11.6 Å². The van der Waals surface area contributed by atoms with Crippen molar-refractivity contribution in [1.82, 2.24) is 24.6 Å². The summed E-state index contributed by atoms with van der Waals surface area (Å²) in [5.74, 6) is 6.51. The smallest absolute Gasteiger partial charge is 0.257 e. The van der Waals surface area contributed by atoms with Gasteiger partial charge in [-0.05, 0) is 82.4 Å². The highest BCUT2D eigenvalue weighted by Gasteiger charge is 2.42. The molecule has 4 heterocycles. The summed E-state index contributed by atoms with van der Waals surface area (Å²) in [5, 5.41) is 39.5. The van der Waals surface area contributed by atoms with Crippen LogP contribution < -0.4 is 20.6 Å². The van der Waals surface area contributed by atoms with Crippen LogP contribution in [0.4, 0.5) is 11.6 Å². The molecule has 2 aliphatic heterocycles. The number of nitrogens with one attached hydrogen (secondary N) is 2. The fourth-order valence-corrected chi connectivity index (χ4v) is 7.77. The third-order valence-electron chi connectivity index (χ3n) is 10.6. The summed E-state index contributed by atoms with van der Waals surface area (Å²) >= 11 is 0. The van der Waals surface area contributed by atoms with E-state index in [4.69, 9.17) is 30.6 Å². The first-order chi connectivity index (χ1) is 24.3. The van der Waals surface area contributed by atoms with Gasteiger partial charge in [-0.25, -0.2) is 15.8 Å². The van der Waals surface area contributed by atoms with Crippen molar-refractivity contribution >= 4 is 18.0 Å². The van der Waals surface area contributed by atoms with Crippen molar-refractivity contribution in [2.24, 2.45) is 11.1 Å². The van der Waals surface area contributed by atoms with E-state index in [9.17, 15) is 10.4 Å². The molecule has 3 aromatic rings. The second kappa shape index (κ2) is 14.7. The summed E-state index contributed by atoms with van der Waals surface area (Å²) in [5.41, 5.74) is 1.73. The van der Waals surface area contributed by atoms with E-state index in [0.717, 1.165) is 75.6 Å². The minimum atomic E-state index is -0.810. The molecule has 1 aromatic carbocycles. The van der Waals surface area contributed by atoms with Crippen molar-refractivity contribution in [1.29, 1.82) is 10.7 Å². The molecule has 15 heteroatoms. The SMILES string of the molecule is C[C@@H](C[N+](C=N)=NN)Oc1cc(-c2cnc(Nc3cn(C4CCC(N5[C@@H]6CC[C@H]5COC6)CC4)nc3OCC3(O)CCC3)nc2)ccc1C#N. The van der Waals surface area contributed by atoms with Crippen LogP contribution in [-0.4, -0.2) is 97.0 Å². The molecule has 2 aliphatic carbocycles. The Morgan fingerprint density at radius 2 is 1.84 bits per heavy atom. The van der Waals surface area contributed by atoms with E-state index in [1.165, 1.54) is 17.5 Å². The topological polar surface area (TPSA) is 196 Å². The number of nitriles is 1. The quantitative estimate of drug-likeness (QED) is 0.0500. The summed E-state index contributed by atoms with van der Waals surface area (Å²) in [6.07, 6.45) is 15.3. The molecule has 2 aromatic heterocycles. The molecule has 2 saturated carbocycles. The number of fused-ring (bicyclic) bond motifs is 2. The number of aliphatic hydroxyl groups is 1. The van der Waals surface area contributed by atoms with Crippen LogP contribution in [0.2, 0.25) is 0 Å². The molecule has 264 valence electrons. The van der Waals surface area contributed by atoms with Gasteiger partial charge >= 0.3 is 0 Å². The van der Waals surface area contributed by atoms with Gasteiger partial charge < -0.3 is 24.6 Å². The Balaban J connectivity index is 1.04. The second-order valence-electron chi connectivity index (χ2n) is 14.1. The van der Waals surface area contributed by atoms with Crippen molar-refractivity contribution in [2.75, 3.05) is 31.7 Å². The molecule has 4 fully saturated rings. The number of rotatable bonds is 13. The molecule has 4 aliphatic rings. The number of nitrogens with two attached hydrogens (primary N) is 1. The van der Waals surface area contributed by atoms with Crippen molar-refractivity contribution in [3.63, 3.8) is 0 Å². The number of benzene rings is 1. The zero-order chi connectivity index (χ0) is 34.7. The normalized spacial score (nSPS) is 25.3. The lowest BCUT2D eigenvalue weighted by molar-refractivity contribution is -0.485. The Kier molecular flexibility index (Phi) is 9.93. The summed E-state index contributed by atoms with van der Waals surface area (Å²) in [6, 6.07) is 9.44. The van der Waals surface area contributed by atoms with Crippen LogP contribution in [-0.2, 0) is 4.74 Å². The minimum Gasteiger partial charge on any atom is -0.486 e. The van der Waals surface area contributed by atoms with E-state index in [0.29, 0.717) is 47.0 Å². The molecule has 2 bridgehead atoms. The van der Waals surface area contributed by atoms with Crippen molar-refractivity contribution in [3.8, 4) is 28.8 Å². The average molecular weight is 685 g/mol. The fraction of sp³-hybridized carbons (Fsp3) is 0.571. The molecule has 0 radical (unpaired) electrons. The molecular weight excluding hydrogens is 638 g/mol. The molecular formula is C35H46N11O4+. The monoisotopic (exact) mass is 684 g/mol. The minimum absolute atomic E-state index is 0.188. The molecule has 0 unspecified atom stereocenters. The first-order valence-electron chi connectivity index (χ1n) is 17.6. The summed E-state index contributed by atoms with van der Waals surface area (Å²) < 4.78 is 21.3. The van der Waals surface area contributed by atoms with Gasteiger partial charge in [0.05, 0.1) is 36.6 Å². The van der Waals surface area contributed by atoms with E-state index in [2.05, 4.69) is 31.5 Å². The molecule has 7 rings (SSSR count). The van der Waals surface area contributed by atoms with Crippen LogP contribution in [0.1, 0.15) is 76.3 Å². The number of hydrogen-bond donors (Lipinski definition) is 4. The third kappa shape index (κ3) is 7.28. The lowest BCUT2D eigenvalue weighted by atomic mass is 9.81. The zero-order valence-electron chi connectivity index (χ0n) is 28.4. The van der Waals surface area contributed by atoms with Gasteiger partial charge in [-0.3, -0.25) is 9.58 Å². The number of aromatic nitrogens is 4. The number of nitrogens with zero attached hydrogens (tertiary/aromatic N) is 8. The Bertz CT molecular complexity index is 1710. The van der Waals surface area contributed by atoms with Gasteiger partial charge in [0.1, 0.15) is 36.8 Å². The van der Waals surface area contributed by atoms with Gasteiger partial charge in [-0.1, -0.05) is 6.07 Å². The highest BCUT2D eigenvalue weighted by molar-refractivity contribution is 5.67. The third-order valence-corrected chi connectivity index (χ3v) is 10.6. The van der Waals surface area contributed by atoms with Crippen molar-refractivity contribution < 1.29 is 24.0 Å². The highest BCUT2D eigenvalue weighted by Crippen LogP contribution is 2.40. The van der Waals surface area contributed by atoms with Crippen LogP contribution >= 0.6 is 0 Å². The van der Waals surface area contributed by atoms with Gasteiger partial charge in [0.15, 0.2) is 0 Å². The predicted molar refractivity (Wildman–Crippen MR) is 183 cm³/mol. The maximum Gasteiger partial charge on any atom is 0.257 e. The summed E-state index contributed by atoms with van der Waals surface area (Å²) in [6.45, 7) is 3.97. The largest absolute Gasteiger partial charge is 0.486 e. The molecule has 2 saturated heterocycles. The van der Waals surface area contributed by atoms with E-state index >= 15 is 0 Å². The van der Waals surface area contributed by atoms with E-state index in [-0.39, 0.29) is 19.2 Å². The molecule has 0 spiro atoms. The molecule has 5 N–H and O–H groups in total. The van der Waals surface area contributed by atoms with Crippen molar-refractivity contribution in [3.05, 3.63) is 42.4 Å². The van der Waals surface area contributed by atoms with Gasteiger partial charge in [0.2, 0.25) is 12.3 Å². The van der Waals surface area contributed by atoms with Crippen LogP contribution in [0.3, 0.4) is 0 Å². The Hall–Kier alpha value is -4.65. The molecule has 3 atom stereocenters. The van der Waals surface area contributed by atoms with E-state index in [1.807, 2.05) is 23.9 Å². The average Bonchev–Trinajstić information content (AvgIpc) is 3.64. The van der Waals surface area contributed by atoms with Crippen LogP contribution in [0.25, 0.3) is 11.1 Å². The standard InChI is InChI=1S/C35H45N11O4/c1-23(17-44(22-37)43-38)50-32-13-24(3-4-25(32)14-36)26-15-39-34(40-16-26)41-31-18-45(42-33(31)49-21-35(47)11-2-12-35)27-5-7-28(8-6-27)46-29-9-10-30(46)20-48-19-29/h3-4,13,15-16,18,22-23,27-30,37-38,47H,2,5-12,17,19-21H2,1H3,(H,39,40,41)/p+1/t23-,27?,28?,29-,30+/m0/s1. The van der Waals surface area contributed by atoms with Crippen LogP contribution in [0, 0.1) is 16.7 Å². The predicted octanol–water partition coefficient (Wildman–Crippen LogP) is 4.31. The molecule has 50 heavy (non-hydrogen) atoms. The Labute approximate surface area is 291 Å². The Morgan fingerprint density at radius 3 is 2.48 bits per heavy atom. The summed E-state index contributed by atoms with van der Waals surface area (Å²) in [4.78, 5) is 11.9. The van der Waals surface area contributed by atoms with Gasteiger partial charge in [-0.2, -0.15) is 10.7 Å². The number of anilines is 2. The van der Waals surface area contributed by atoms with Gasteiger partial charge in [0.25, 0.3) is 5.88 Å². The number of morpholine rings is 1. The molecule has 15 nitrogen and oxygen atoms in total. The van der Waals surface area contributed by atoms with Gasteiger partial charge in [0, 0.05) is 41.3 Å². The highest BCUT2D eigenvalue weighted by atomic mass is 16.5. The Morgan fingerprint density at radius 1 is 1.14 bits per heavy atom. The van der Waals surface area contributed by atoms with Gasteiger partial charge in [-0.15, -0.1) is 9.80 Å². The lowest BCUT2D eigenvalue weighted by Gasteiger charge is -2.43. The molecule has 0 amide bonds. The zero-order valence-corrected chi connectivity index (χ0v) is 28.4. The first kappa shape index (κ1) is 33.8. The van der Waals surface area contributed by atoms with Crippen LogP contribution in [0.15, 0.2) is 42.0 Å². The maximum absolute atomic E-state index is 10.7. The number of hydrogen-bond acceptors (Lipinski definition) is 12. The lowest BCUT2D eigenvalue weighted by Crippen LogP contribution is -2.52. The van der Waals surface area contributed by atoms with E-state index in [1.54, 1.807) is 24.5 Å². The fourth-order valence-electron chi connectivity index (χ4n) is 7.77. The van der Waals surface area contributed by atoms with Crippen molar-refractivity contribution in [2.45, 2.75) is 101 Å². The first-order valence-corrected chi connectivity index (χ1v) is 17.6. The number of ether oxygens (including phenoxy) is 3. The van der Waals surface area contributed by atoms with E-state index < -0.39 is 11.7 Å².